The van der Waals surface area contributed by atoms with Crippen molar-refractivity contribution in [1.29, 1.82) is 0 Å². The van der Waals surface area contributed by atoms with Crippen molar-refractivity contribution in [2.75, 3.05) is 0 Å². The Hall–Kier alpha value is -1.56. The van der Waals surface area contributed by atoms with Gasteiger partial charge in [-0.1, -0.05) is 41.0 Å². The molecule has 1 unspecified atom stereocenters. The van der Waals surface area contributed by atoms with Crippen molar-refractivity contribution in [1.82, 2.24) is 5.32 Å². The van der Waals surface area contributed by atoms with Crippen LogP contribution in [0, 0.1) is 12.8 Å². The number of nitrogens with zero attached hydrogens (tertiary/aromatic N) is 1. The molecule has 19 heavy (non-hydrogen) atoms. The number of amidine groups is 1. The molecule has 0 heterocycles. The molecule has 6 heteroatoms. The Morgan fingerprint density at radius 2 is 2.11 bits per heavy atom. The monoisotopic (exact) mass is 327 g/mol. The van der Waals surface area contributed by atoms with Gasteiger partial charge in [0, 0.05) is 10.0 Å². The van der Waals surface area contributed by atoms with E-state index in [1.807, 2.05) is 26.8 Å². The normalized spacial score (nSPS) is 13.4. The van der Waals surface area contributed by atoms with Crippen LogP contribution in [0.1, 0.15) is 29.8 Å². The second-order valence-electron chi connectivity index (χ2n) is 4.63. The minimum absolute atomic E-state index is 0.00370. The summed E-state index contributed by atoms with van der Waals surface area (Å²) in [5.41, 5.74) is 7.00. The summed E-state index contributed by atoms with van der Waals surface area (Å²) >= 11 is 3.38. The predicted octanol–water partition coefficient (Wildman–Crippen LogP) is 2.26. The van der Waals surface area contributed by atoms with E-state index in [1.54, 1.807) is 12.1 Å². The summed E-state index contributed by atoms with van der Waals surface area (Å²) in [7, 11) is 0. The lowest BCUT2D eigenvalue weighted by Gasteiger charge is -2.21. The number of hydrogen-bond acceptors (Lipinski definition) is 3. The van der Waals surface area contributed by atoms with Gasteiger partial charge in [0.1, 0.15) is 0 Å². The van der Waals surface area contributed by atoms with Crippen LogP contribution >= 0.6 is 15.9 Å². The van der Waals surface area contributed by atoms with Crippen LogP contribution in [-0.2, 0) is 0 Å². The molecule has 0 saturated heterocycles. The number of nitrogens with one attached hydrogen (secondary N) is 1. The summed E-state index contributed by atoms with van der Waals surface area (Å²) in [6.45, 7) is 5.63. The molecule has 0 fully saturated rings. The molecule has 1 atom stereocenters. The molecule has 0 radical (unpaired) electrons. The van der Waals surface area contributed by atoms with Gasteiger partial charge in [0.2, 0.25) is 0 Å². The van der Waals surface area contributed by atoms with Gasteiger partial charge in [-0.05, 0) is 30.5 Å². The zero-order chi connectivity index (χ0) is 14.6. The van der Waals surface area contributed by atoms with Crippen LogP contribution in [-0.4, -0.2) is 23.0 Å². The largest absolute Gasteiger partial charge is 0.409 e. The van der Waals surface area contributed by atoms with E-state index in [4.69, 9.17) is 10.9 Å². The standard InChI is InChI=1S/C13H18BrN3O2/c1-7(2)11(12(15)17-19)16-13(18)9-5-4-6-10(14)8(9)3/h4-7,11,19H,1-3H3,(H2,15,17)(H,16,18). The van der Waals surface area contributed by atoms with Gasteiger partial charge in [0.15, 0.2) is 5.84 Å². The lowest BCUT2D eigenvalue weighted by molar-refractivity contribution is 0.0938. The van der Waals surface area contributed by atoms with Crippen LogP contribution in [0.3, 0.4) is 0 Å². The van der Waals surface area contributed by atoms with Crippen molar-refractivity contribution in [3.05, 3.63) is 33.8 Å². The van der Waals surface area contributed by atoms with Crippen molar-refractivity contribution in [3.63, 3.8) is 0 Å². The number of nitrogens with two attached hydrogens (primary N) is 1. The van der Waals surface area contributed by atoms with Gasteiger partial charge >= 0.3 is 0 Å². The molecule has 0 aromatic heterocycles. The number of carbonyl (C=O) groups is 1. The predicted molar refractivity (Wildman–Crippen MR) is 78.4 cm³/mol. The zero-order valence-corrected chi connectivity index (χ0v) is 12.7. The minimum Gasteiger partial charge on any atom is -0.409 e. The molecule has 1 amide bonds. The smallest absolute Gasteiger partial charge is 0.252 e. The van der Waals surface area contributed by atoms with Crippen molar-refractivity contribution in [2.24, 2.45) is 16.8 Å². The Morgan fingerprint density at radius 3 is 2.63 bits per heavy atom. The third-order valence-electron chi connectivity index (χ3n) is 2.90. The Bertz CT molecular complexity index is 501. The fourth-order valence-corrected chi connectivity index (χ4v) is 2.08. The molecule has 1 rings (SSSR count). The number of halogens is 1. The van der Waals surface area contributed by atoms with Crippen LogP contribution in [0.2, 0.25) is 0 Å². The maximum Gasteiger partial charge on any atom is 0.252 e. The first-order valence-corrected chi connectivity index (χ1v) is 6.71. The number of benzene rings is 1. The van der Waals surface area contributed by atoms with E-state index >= 15 is 0 Å². The number of oxime groups is 1. The highest BCUT2D eigenvalue weighted by Gasteiger charge is 2.22. The number of amides is 1. The molecule has 4 N–H and O–H groups in total. The zero-order valence-electron chi connectivity index (χ0n) is 11.1. The average molecular weight is 328 g/mol. The summed E-state index contributed by atoms with van der Waals surface area (Å²) < 4.78 is 0.866. The van der Waals surface area contributed by atoms with E-state index in [-0.39, 0.29) is 17.7 Å². The molecule has 5 nitrogen and oxygen atoms in total. The second kappa shape index (κ2) is 6.56. The maximum atomic E-state index is 12.2. The summed E-state index contributed by atoms with van der Waals surface area (Å²) in [5, 5.41) is 14.5. The fourth-order valence-electron chi connectivity index (χ4n) is 1.72. The highest BCUT2D eigenvalue weighted by Crippen LogP contribution is 2.19. The first kappa shape index (κ1) is 15.5. The van der Waals surface area contributed by atoms with Gasteiger partial charge in [0.05, 0.1) is 6.04 Å². The molecule has 0 aliphatic heterocycles. The molecule has 1 aromatic carbocycles. The van der Waals surface area contributed by atoms with Gasteiger partial charge < -0.3 is 16.3 Å². The lowest BCUT2D eigenvalue weighted by Crippen LogP contribution is -2.48. The van der Waals surface area contributed by atoms with Crippen molar-refractivity contribution in [2.45, 2.75) is 26.8 Å². The second-order valence-corrected chi connectivity index (χ2v) is 5.49. The van der Waals surface area contributed by atoms with Crippen molar-refractivity contribution in [3.8, 4) is 0 Å². The van der Waals surface area contributed by atoms with Gasteiger partial charge in [-0.15, -0.1) is 0 Å². The summed E-state index contributed by atoms with van der Waals surface area (Å²) in [4.78, 5) is 12.2. The van der Waals surface area contributed by atoms with Gasteiger partial charge in [-0.25, -0.2) is 0 Å². The Kier molecular flexibility index (Phi) is 5.35. The molecule has 0 aliphatic rings. The van der Waals surface area contributed by atoms with Crippen LogP contribution in [0.15, 0.2) is 27.8 Å². The topological polar surface area (TPSA) is 87.7 Å². The van der Waals surface area contributed by atoms with E-state index in [0.29, 0.717) is 5.56 Å². The van der Waals surface area contributed by atoms with Crippen LogP contribution < -0.4 is 11.1 Å². The van der Waals surface area contributed by atoms with Gasteiger partial charge in [-0.2, -0.15) is 0 Å². The molecule has 0 bridgehead atoms. The molecule has 0 spiro atoms. The Morgan fingerprint density at radius 1 is 1.47 bits per heavy atom. The average Bonchev–Trinajstić information content (AvgIpc) is 2.37. The first-order chi connectivity index (χ1) is 8.88. The Balaban J connectivity index is 2.98. The summed E-state index contributed by atoms with van der Waals surface area (Å²) in [5.74, 6) is -0.229. The van der Waals surface area contributed by atoms with E-state index in [0.717, 1.165) is 10.0 Å². The quantitative estimate of drug-likeness (QED) is 0.343. The maximum absolute atomic E-state index is 12.2. The SMILES string of the molecule is Cc1c(Br)cccc1C(=O)NC(C(N)=NO)C(C)C. The van der Waals surface area contributed by atoms with Crippen molar-refractivity contribution < 1.29 is 10.0 Å². The fraction of sp³-hybridized carbons (Fsp3) is 0.385. The highest BCUT2D eigenvalue weighted by atomic mass is 79.9. The number of carbonyl (C=O) groups excluding carboxylic acids is 1. The van der Waals surface area contributed by atoms with Crippen LogP contribution in [0.4, 0.5) is 0 Å². The lowest BCUT2D eigenvalue weighted by atomic mass is 10.0. The van der Waals surface area contributed by atoms with Crippen LogP contribution in [0.5, 0.6) is 0 Å². The molecule has 0 saturated carbocycles. The molecule has 1 aromatic rings. The third kappa shape index (κ3) is 3.70. The van der Waals surface area contributed by atoms with E-state index in [2.05, 4.69) is 26.4 Å². The van der Waals surface area contributed by atoms with Crippen molar-refractivity contribution >= 4 is 27.7 Å². The van der Waals surface area contributed by atoms with E-state index in [1.165, 1.54) is 0 Å². The molecular formula is C13H18BrN3O2. The van der Waals surface area contributed by atoms with E-state index < -0.39 is 6.04 Å². The Labute approximate surface area is 121 Å². The minimum atomic E-state index is -0.504. The van der Waals surface area contributed by atoms with Gasteiger partial charge in [-0.3, -0.25) is 4.79 Å². The van der Waals surface area contributed by atoms with Crippen LogP contribution in [0.25, 0.3) is 0 Å². The molecule has 104 valence electrons. The first-order valence-electron chi connectivity index (χ1n) is 5.91. The number of rotatable bonds is 4. The van der Waals surface area contributed by atoms with E-state index in [9.17, 15) is 4.79 Å². The third-order valence-corrected chi connectivity index (χ3v) is 3.76. The molecular weight excluding hydrogens is 310 g/mol. The number of hydrogen-bond donors (Lipinski definition) is 3. The van der Waals surface area contributed by atoms with Gasteiger partial charge in [0.25, 0.3) is 5.91 Å². The highest BCUT2D eigenvalue weighted by molar-refractivity contribution is 9.10. The summed E-state index contributed by atoms with van der Waals surface area (Å²) in [6, 6.07) is 4.89. The molecule has 0 aliphatic carbocycles. The summed E-state index contributed by atoms with van der Waals surface area (Å²) in [6.07, 6.45) is 0.